The molecule has 0 spiro atoms. The molecule has 0 unspecified atom stereocenters. The van der Waals surface area contributed by atoms with Crippen LogP contribution in [0.25, 0.3) is 0 Å². The van der Waals surface area contributed by atoms with Crippen LogP contribution in [0.15, 0.2) is 17.8 Å². The predicted octanol–water partition coefficient (Wildman–Crippen LogP) is 3.80. The van der Waals surface area contributed by atoms with Gasteiger partial charge in [-0.25, -0.2) is 0 Å². The first-order chi connectivity index (χ1) is 8.11. The van der Waals surface area contributed by atoms with Crippen molar-refractivity contribution in [2.45, 2.75) is 45.6 Å². The normalized spacial score (nSPS) is 16.1. The van der Waals surface area contributed by atoms with Crippen molar-refractivity contribution in [3.63, 3.8) is 0 Å². The van der Waals surface area contributed by atoms with Gasteiger partial charge in [0.25, 0.3) is 0 Å². The van der Waals surface area contributed by atoms with Crippen molar-refractivity contribution >= 4 is 17.4 Å². The molecule has 1 aromatic heterocycles. The standard InChI is InChI=1S/C13H17ClN2O/c1-9(2)16-12(11(14)8-15-16)13(17)10-6-4-3-5-7-10/h6,8-9H,3-5,7H2,1-2H3. The van der Waals surface area contributed by atoms with Crippen LogP contribution in [0.4, 0.5) is 0 Å². The predicted molar refractivity (Wildman–Crippen MR) is 68.5 cm³/mol. The molecule has 0 aliphatic heterocycles. The summed E-state index contributed by atoms with van der Waals surface area (Å²) < 4.78 is 1.71. The molecule has 0 radical (unpaired) electrons. The Kier molecular flexibility index (Phi) is 3.67. The average molecular weight is 253 g/mol. The molecule has 1 aliphatic rings. The second kappa shape index (κ2) is 5.05. The van der Waals surface area contributed by atoms with Crippen molar-refractivity contribution in [1.82, 2.24) is 9.78 Å². The van der Waals surface area contributed by atoms with Crippen molar-refractivity contribution in [1.29, 1.82) is 0 Å². The second-order valence-corrected chi connectivity index (χ2v) is 5.09. The van der Waals surface area contributed by atoms with Gasteiger partial charge in [0, 0.05) is 6.04 Å². The number of ketones is 1. The first-order valence-electron chi connectivity index (χ1n) is 6.08. The molecule has 0 saturated carbocycles. The van der Waals surface area contributed by atoms with Gasteiger partial charge in [0.15, 0.2) is 0 Å². The lowest BCUT2D eigenvalue weighted by Gasteiger charge is -2.14. The van der Waals surface area contributed by atoms with Gasteiger partial charge in [-0.2, -0.15) is 5.10 Å². The van der Waals surface area contributed by atoms with Crippen LogP contribution in [0.2, 0.25) is 5.02 Å². The summed E-state index contributed by atoms with van der Waals surface area (Å²) in [5.41, 5.74) is 1.43. The number of aromatic nitrogens is 2. The fourth-order valence-electron chi connectivity index (χ4n) is 2.14. The first kappa shape index (κ1) is 12.4. The Morgan fingerprint density at radius 3 is 2.82 bits per heavy atom. The van der Waals surface area contributed by atoms with E-state index in [4.69, 9.17) is 11.6 Å². The molecular formula is C13H17ClN2O. The highest BCUT2D eigenvalue weighted by atomic mass is 35.5. The molecule has 0 bridgehead atoms. The van der Waals surface area contributed by atoms with Gasteiger partial charge < -0.3 is 0 Å². The summed E-state index contributed by atoms with van der Waals surface area (Å²) in [4.78, 5) is 12.4. The van der Waals surface area contributed by atoms with Crippen LogP contribution in [0.1, 0.15) is 56.1 Å². The van der Waals surface area contributed by atoms with E-state index in [2.05, 4.69) is 5.10 Å². The van der Waals surface area contributed by atoms with E-state index in [1.807, 2.05) is 19.9 Å². The van der Waals surface area contributed by atoms with Gasteiger partial charge in [-0.3, -0.25) is 9.48 Å². The lowest BCUT2D eigenvalue weighted by Crippen LogP contribution is -2.15. The number of nitrogens with zero attached hydrogens (tertiary/aromatic N) is 2. The molecule has 1 aromatic rings. The minimum Gasteiger partial charge on any atom is -0.287 e. The van der Waals surface area contributed by atoms with Crippen molar-refractivity contribution in [3.8, 4) is 0 Å². The Bertz CT molecular complexity index is 460. The van der Waals surface area contributed by atoms with Gasteiger partial charge in [-0.15, -0.1) is 0 Å². The molecule has 0 saturated heterocycles. The van der Waals surface area contributed by atoms with Crippen LogP contribution in [-0.2, 0) is 0 Å². The Balaban J connectivity index is 2.36. The van der Waals surface area contributed by atoms with E-state index in [0.29, 0.717) is 10.7 Å². The fourth-order valence-corrected chi connectivity index (χ4v) is 2.36. The molecule has 3 nitrogen and oxygen atoms in total. The monoisotopic (exact) mass is 252 g/mol. The Hall–Kier alpha value is -1.09. The van der Waals surface area contributed by atoms with Crippen LogP contribution in [0.5, 0.6) is 0 Å². The summed E-state index contributed by atoms with van der Waals surface area (Å²) in [7, 11) is 0. The Labute approximate surface area is 106 Å². The van der Waals surface area contributed by atoms with E-state index in [9.17, 15) is 4.79 Å². The number of hydrogen-bond acceptors (Lipinski definition) is 2. The summed E-state index contributed by atoms with van der Waals surface area (Å²) in [6.45, 7) is 3.99. The zero-order valence-corrected chi connectivity index (χ0v) is 11.0. The third kappa shape index (κ3) is 2.44. The van der Waals surface area contributed by atoms with Crippen LogP contribution >= 0.6 is 11.6 Å². The zero-order valence-electron chi connectivity index (χ0n) is 10.2. The summed E-state index contributed by atoms with van der Waals surface area (Å²) in [6.07, 6.45) is 7.71. The molecule has 0 atom stereocenters. The van der Waals surface area contributed by atoms with E-state index in [0.717, 1.165) is 24.8 Å². The number of carbonyl (C=O) groups is 1. The van der Waals surface area contributed by atoms with Crippen LogP contribution in [-0.4, -0.2) is 15.6 Å². The maximum atomic E-state index is 12.4. The Morgan fingerprint density at radius 1 is 1.47 bits per heavy atom. The fraction of sp³-hybridized carbons (Fsp3) is 0.538. The summed E-state index contributed by atoms with van der Waals surface area (Å²) in [6, 6.07) is 0.144. The summed E-state index contributed by atoms with van der Waals surface area (Å²) in [5, 5.41) is 4.62. The van der Waals surface area contributed by atoms with Gasteiger partial charge in [-0.1, -0.05) is 17.7 Å². The third-order valence-electron chi connectivity index (χ3n) is 3.04. The highest BCUT2D eigenvalue weighted by Gasteiger charge is 2.22. The van der Waals surface area contributed by atoms with E-state index in [1.54, 1.807) is 10.9 Å². The van der Waals surface area contributed by atoms with Crippen LogP contribution in [0.3, 0.4) is 0 Å². The molecule has 92 valence electrons. The van der Waals surface area contributed by atoms with E-state index in [1.165, 1.54) is 6.42 Å². The summed E-state index contributed by atoms with van der Waals surface area (Å²) >= 11 is 6.07. The van der Waals surface area contributed by atoms with Gasteiger partial charge in [0.05, 0.1) is 11.2 Å². The molecule has 1 aliphatic carbocycles. The van der Waals surface area contributed by atoms with Crippen LogP contribution in [0, 0.1) is 0 Å². The van der Waals surface area contributed by atoms with Crippen molar-refractivity contribution in [2.24, 2.45) is 0 Å². The number of halogens is 1. The molecule has 1 heterocycles. The summed E-state index contributed by atoms with van der Waals surface area (Å²) in [5.74, 6) is 0.0425. The highest BCUT2D eigenvalue weighted by Crippen LogP contribution is 2.26. The number of Topliss-reactive ketones (excluding diaryl/α,β-unsaturated/α-hetero) is 1. The zero-order chi connectivity index (χ0) is 12.4. The number of allylic oxidation sites excluding steroid dienone is 2. The highest BCUT2D eigenvalue weighted by molar-refractivity contribution is 6.34. The van der Waals surface area contributed by atoms with Gasteiger partial charge in [-0.05, 0) is 45.1 Å². The molecular weight excluding hydrogens is 236 g/mol. The molecule has 17 heavy (non-hydrogen) atoms. The quantitative estimate of drug-likeness (QED) is 0.767. The topological polar surface area (TPSA) is 34.9 Å². The maximum absolute atomic E-state index is 12.4. The van der Waals surface area contributed by atoms with Gasteiger partial charge in [0.1, 0.15) is 5.69 Å². The minimum atomic E-state index is 0.0425. The first-order valence-corrected chi connectivity index (χ1v) is 6.45. The van der Waals surface area contributed by atoms with Crippen molar-refractivity contribution < 1.29 is 4.79 Å². The smallest absolute Gasteiger partial charge is 0.208 e. The van der Waals surface area contributed by atoms with Crippen molar-refractivity contribution in [2.75, 3.05) is 0 Å². The second-order valence-electron chi connectivity index (χ2n) is 4.68. The molecule has 0 fully saturated rings. The van der Waals surface area contributed by atoms with E-state index >= 15 is 0 Å². The molecule has 0 amide bonds. The van der Waals surface area contributed by atoms with Gasteiger partial charge >= 0.3 is 0 Å². The molecule has 4 heteroatoms. The number of hydrogen-bond donors (Lipinski definition) is 0. The number of carbonyl (C=O) groups excluding carboxylic acids is 1. The maximum Gasteiger partial charge on any atom is 0.208 e. The van der Waals surface area contributed by atoms with E-state index < -0.39 is 0 Å². The Morgan fingerprint density at radius 2 is 2.24 bits per heavy atom. The largest absolute Gasteiger partial charge is 0.287 e. The lowest BCUT2D eigenvalue weighted by atomic mass is 9.95. The average Bonchev–Trinajstić information content (AvgIpc) is 2.71. The number of rotatable bonds is 3. The SMILES string of the molecule is CC(C)n1ncc(Cl)c1C(=O)C1=CCCCC1. The third-order valence-corrected chi connectivity index (χ3v) is 3.31. The van der Waals surface area contributed by atoms with Crippen molar-refractivity contribution in [3.05, 3.63) is 28.6 Å². The minimum absolute atomic E-state index is 0.0425. The lowest BCUT2D eigenvalue weighted by molar-refractivity contribution is 0.101. The molecule has 0 aromatic carbocycles. The molecule has 0 N–H and O–H groups in total. The van der Waals surface area contributed by atoms with Crippen LogP contribution < -0.4 is 0 Å². The molecule has 2 rings (SSSR count). The van der Waals surface area contributed by atoms with E-state index in [-0.39, 0.29) is 11.8 Å². The van der Waals surface area contributed by atoms with Gasteiger partial charge in [0.2, 0.25) is 5.78 Å².